The molecule has 6 heteroatoms. The highest BCUT2D eigenvalue weighted by atomic mass is 19.4. The van der Waals surface area contributed by atoms with Gasteiger partial charge in [-0.1, -0.05) is 62.4 Å². The molecule has 2 unspecified atom stereocenters. The second-order valence-electron chi connectivity index (χ2n) is 10.1. The lowest BCUT2D eigenvalue weighted by Crippen LogP contribution is -2.34. The van der Waals surface area contributed by atoms with Gasteiger partial charge in [0.1, 0.15) is 0 Å². The molecule has 1 fully saturated rings. The monoisotopic (exact) mass is 495 g/mol. The van der Waals surface area contributed by atoms with Gasteiger partial charge in [0.2, 0.25) is 0 Å². The third kappa shape index (κ3) is 6.10. The summed E-state index contributed by atoms with van der Waals surface area (Å²) in [6.07, 6.45) is -1.93. The van der Waals surface area contributed by atoms with Gasteiger partial charge in [-0.25, -0.2) is 0 Å². The maximum atomic E-state index is 13.1. The maximum absolute atomic E-state index is 13.1. The number of rotatable bonds is 7. The van der Waals surface area contributed by atoms with E-state index in [1.807, 2.05) is 50.2 Å². The Morgan fingerprint density at radius 3 is 2.31 bits per heavy atom. The molecular formula is C30H32F3NO2. The molecule has 1 aliphatic heterocycles. The van der Waals surface area contributed by atoms with Crippen LogP contribution in [-0.2, 0) is 11.0 Å². The fourth-order valence-corrected chi connectivity index (χ4v) is 5.11. The van der Waals surface area contributed by atoms with E-state index in [0.717, 1.165) is 54.9 Å². The molecule has 1 heterocycles. The number of benzene rings is 3. The van der Waals surface area contributed by atoms with Gasteiger partial charge in [-0.15, -0.1) is 0 Å². The van der Waals surface area contributed by atoms with Crippen molar-refractivity contribution in [1.82, 2.24) is 0 Å². The van der Waals surface area contributed by atoms with Crippen molar-refractivity contribution in [3.63, 3.8) is 0 Å². The largest absolute Gasteiger partial charge is 0.481 e. The lowest BCUT2D eigenvalue weighted by atomic mass is 9.83. The lowest BCUT2D eigenvalue weighted by Gasteiger charge is -2.35. The van der Waals surface area contributed by atoms with E-state index in [1.54, 1.807) is 0 Å². The highest BCUT2D eigenvalue weighted by Crippen LogP contribution is 2.37. The molecule has 0 saturated carbocycles. The minimum Gasteiger partial charge on any atom is -0.481 e. The van der Waals surface area contributed by atoms with Gasteiger partial charge in [0.25, 0.3) is 0 Å². The highest BCUT2D eigenvalue weighted by molar-refractivity contribution is 5.78. The maximum Gasteiger partial charge on any atom is 0.416 e. The van der Waals surface area contributed by atoms with Gasteiger partial charge in [0, 0.05) is 24.7 Å². The van der Waals surface area contributed by atoms with Crippen LogP contribution in [0.5, 0.6) is 0 Å². The number of halogens is 3. The molecule has 3 nitrogen and oxygen atoms in total. The normalized spacial score (nSPS) is 17.3. The fraction of sp³-hybridized carbons (Fsp3) is 0.367. The SMILES string of the molecule is CC(C)CC(C(=O)O)c1cc(-c2ccc(C(F)(F)F)cc2)cc(C2CCCN(c3ccccc3)C2)c1. The van der Waals surface area contributed by atoms with Crippen molar-refractivity contribution in [3.8, 4) is 11.1 Å². The zero-order valence-electron chi connectivity index (χ0n) is 20.6. The van der Waals surface area contributed by atoms with E-state index in [1.165, 1.54) is 12.1 Å². The first-order valence-corrected chi connectivity index (χ1v) is 12.5. The van der Waals surface area contributed by atoms with Crippen molar-refractivity contribution in [3.05, 3.63) is 89.5 Å². The summed E-state index contributed by atoms with van der Waals surface area (Å²) < 4.78 is 39.3. The summed E-state index contributed by atoms with van der Waals surface area (Å²) >= 11 is 0. The van der Waals surface area contributed by atoms with E-state index in [-0.39, 0.29) is 11.8 Å². The van der Waals surface area contributed by atoms with Gasteiger partial charge in [-0.2, -0.15) is 13.2 Å². The van der Waals surface area contributed by atoms with Crippen LogP contribution in [-0.4, -0.2) is 24.2 Å². The van der Waals surface area contributed by atoms with Gasteiger partial charge in [0.15, 0.2) is 0 Å². The first-order chi connectivity index (χ1) is 17.1. The first-order valence-electron chi connectivity index (χ1n) is 12.5. The summed E-state index contributed by atoms with van der Waals surface area (Å²) in [6, 6.07) is 21.2. The summed E-state index contributed by atoms with van der Waals surface area (Å²) in [6.45, 7) is 5.75. The molecule has 0 amide bonds. The minimum atomic E-state index is -4.40. The average Bonchev–Trinajstić information content (AvgIpc) is 2.87. The number of para-hydroxylation sites is 1. The zero-order valence-corrected chi connectivity index (χ0v) is 20.6. The molecule has 1 N–H and O–H groups in total. The standard InChI is InChI=1S/C30H32F3NO2/c1-20(2)15-28(29(35)36)25-17-23(21-10-12-26(13-11-21)30(31,32)33)16-24(18-25)22-7-6-14-34(19-22)27-8-4-3-5-9-27/h3-5,8-13,16-18,20,22,28H,6-7,14-15,19H2,1-2H3,(H,35,36). The van der Waals surface area contributed by atoms with E-state index in [4.69, 9.17) is 0 Å². The number of piperidine rings is 1. The number of aliphatic carboxylic acids is 1. The number of carboxylic acid groups (broad SMARTS) is 1. The fourth-order valence-electron chi connectivity index (χ4n) is 5.11. The van der Waals surface area contributed by atoms with E-state index in [9.17, 15) is 23.1 Å². The average molecular weight is 496 g/mol. The number of carboxylic acids is 1. The Kier molecular flexibility index (Phi) is 7.72. The third-order valence-electron chi connectivity index (χ3n) is 6.94. The van der Waals surface area contributed by atoms with Crippen LogP contribution in [0.3, 0.4) is 0 Å². The van der Waals surface area contributed by atoms with Crippen LogP contribution in [0.2, 0.25) is 0 Å². The Morgan fingerprint density at radius 2 is 1.69 bits per heavy atom. The number of hydrogen-bond acceptors (Lipinski definition) is 2. The van der Waals surface area contributed by atoms with Crippen molar-refractivity contribution >= 4 is 11.7 Å². The number of carbonyl (C=O) groups is 1. The van der Waals surface area contributed by atoms with Crippen LogP contribution in [0.4, 0.5) is 18.9 Å². The van der Waals surface area contributed by atoms with Crippen molar-refractivity contribution in [2.75, 3.05) is 18.0 Å². The predicted molar refractivity (Wildman–Crippen MR) is 137 cm³/mol. The third-order valence-corrected chi connectivity index (χ3v) is 6.94. The molecule has 3 aromatic carbocycles. The molecule has 2 atom stereocenters. The van der Waals surface area contributed by atoms with Gasteiger partial charge in [-0.05, 0) is 71.7 Å². The molecule has 4 rings (SSSR count). The van der Waals surface area contributed by atoms with E-state index in [0.29, 0.717) is 17.5 Å². The summed E-state index contributed by atoms with van der Waals surface area (Å²) in [4.78, 5) is 14.6. The number of hydrogen-bond donors (Lipinski definition) is 1. The molecule has 0 aromatic heterocycles. The molecule has 0 aliphatic carbocycles. The quantitative estimate of drug-likeness (QED) is 0.361. The number of alkyl halides is 3. The molecular weight excluding hydrogens is 463 g/mol. The summed E-state index contributed by atoms with van der Waals surface area (Å²) in [5.41, 5.74) is 3.61. The summed E-state index contributed by atoms with van der Waals surface area (Å²) in [7, 11) is 0. The Bertz CT molecular complexity index is 1170. The van der Waals surface area contributed by atoms with Crippen molar-refractivity contribution in [2.24, 2.45) is 5.92 Å². The zero-order chi connectivity index (χ0) is 25.9. The van der Waals surface area contributed by atoms with Gasteiger partial charge >= 0.3 is 12.1 Å². The van der Waals surface area contributed by atoms with E-state index in [2.05, 4.69) is 17.0 Å². The Labute approximate surface area is 210 Å². The Morgan fingerprint density at radius 1 is 1.00 bits per heavy atom. The molecule has 0 spiro atoms. The Hall–Kier alpha value is -3.28. The van der Waals surface area contributed by atoms with Gasteiger partial charge in [-0.3, -0.25) is 4.79 Å². The first kappa shape index (κ1) is 25.8. The molecule has 0 bridgehead atoms. The topological polar surface area (TPSA) is 40.5 Å². The predicted octanol–water partition coefficient (Wildman–Crippen LogP) is 7.97. The van der Waals surface area contributed by atoms with Crippen LogP contribution in [0, 0.1) is 5.92 Å². The number of anilines is 1. The molecule has 190 valence electrons. The minimum absolute atomic E-state index is 0.188. The molecule has 0 radical (unpaired) electrons. The van der Waals surface area contributed by atoms with Crippen LogP contribution in [0.25, 0.3) is 11.1 Å². The van der Waals surface area contributed by atoms with Crippen LogP contribution in [0.1, 0.15) is 61.6 Å². The van der Waals surface area contributed by atoms with Crippen LogP contribution >= 0.6 is 0 Å². The van der Waals surface area contributed by atoms with Crippen LogP contribution in [0.15, 0.2) is 72.8 Å². The van der Waals surface area contributed by atoms with E-state index >= 15 is 0 Å². The summed E-state index contributed by atoms with van der Waals surface area (Å²) in [5, 5.41) is 10.0. The second-order valence-corrected chi connectivity index (χ2v) is 10.1. The van der Waals surface area contributed by atoms with Gasteiger partial charge < -0.3 is 10.0 Å². The second kappa shape index (κ2) is 10.8. The smallest absolute Gasteiger partial charge is 0.416 e. The van der Waals surface area contributed by atoms with E-state index < -0.39 is 23.6 Å². The van der Waals surface area contributed by atoms with Crippen molar-refractivity contribution in [2.45, 2.75) is 51.1 Å². The van der Waals surface area contributed by atoms with Crippen molar-refractivity contribution in [1.29, 1.82) is 0 Å². The molecule has 3 aromatic rings. The number of nitrogens with zero attached hydrogens (tertiary/aromatic N) is 1. The highest BCUT2D eigenvalue weighted by Gasteiger charge is 2.30. The van der Waals surface area contributed by atoms with Crippen molar-refractivity contribution < 1.29 is 23.1 Å². The Balaban J connectivity index is 1.74. The van der Waals surface area contributed by atoms with Crippen LogP contribution < -0.4 is 4.90 Å². The summed E-state index contributed by atoms with van der Waals surface area (Å²) in [5.74, 6) is -1.17. The molecule has 1 saturated heterocycles. The van der Waals surface area contributed by atoms with Gasteiger partial charge in [0.05, 0.1) is 11.5 Å². The molecule has 36 heavy (non-hydrogen) atoms. The molecule has 1 aliphatic rings. The lowest BCUT2D eigenvalue weighted by molar-refractivity contribution is -0.139.